The Morgan fingerprint density at radius 1 is 1.15 bits per heavy atom. The summed E-state index contributed by atoms with van der Waals surface area (Å²) >= 11 is 0. The number of aromatic amines is 1. The fourth-order valence-corrected chi connectivity index (χ4v) is 4.40. The zero-order chi connectivity index (χ0) is 22.8. The average Bonchev–Trinajstić information content (AvgIpc) is 3.48. The van der Waals surface area contributed by atoms with Gasteiger partial charge in [-0.05, 0) is 66.8 Å². The van der Waals surface area contributed by atoms with Gasteiger partial charge in [0, 0.05) is 42.7 Å². The van der Waals surface area contributed by atoms with Crippen molar-refractivity contribution in [2.45, 2.75) is 32.3 Å². The van der Waals surface area contributed by atoms with Gasteiger partial charge < -0.3 is 23.9 Å². The van der Waals surface area contributed by atoms with Gasteiger partial charge in [0.15, 0.2) is 6.61 Å². The third-order valence-corrected chi connectivity index (χ3v) is 6.18. The molecule has 1 saturated heterocycles. The third kappa shape index (κ3) is 4.41. The molecule has 170 valence electrons. The number of amides is 1. The Bertz CT molecular complexity index is 1250. The smallest absolute Gasteiger partial charge is 0.253 e. The number of aryl methyl sites for hydroxylation is 1. The van der Waals surface area contributed by atoms with E-state index in [1.807, 2.05) is 17.0 Å². The minimum Gasteiger partial charge on any atom is -0.497 e. The first-order valence-electron chi connectivity index (χ1n) is 11.1. The summed E-state index contributed by atoms with van der Waals surface area (Å²) in [6.45, 7) is 3.42. The van der Waals surface area contributed by atoms with Gasteiger partial charge in [-0.1, -0.05) is 5.16 Å². The number of benzene rings is 2. The molecular formula is C25H26N4O4. The van der Waals surface area contributed by atoms with Crippen LogP contribution in [0.4, 0.5) is 0 Å². The van der Waals surface area contributed by atoms with Crippen LogP contribution in [0.25, 0.3) is 10.9 Å². The van der Waals surface area contributed by atoms with Gasteiger partial charge >= 0.3 is 0 Å². The number of nitrogens with zero attached hydrogens (tertiary/aromatic N) is 3. The first-order chi connectivity index (χ1) is 16.1. The van der Waals surface area contributed by atoms with Crippen LogP contribution in [0.5, 0.6) is 11.5 Å². The van der Waals surface area contributed by atoms with E-state index in [1.165, 1.54) is 10.9 Å². The fraction of sp³-hybridized carbons (Fsp3) is 0.320. The molecule has 0 aliphatic carbocycles. The summed E-state index contributed by atoms with van der Waals surface area (Å²) in [4.78, 5) is 22.4. The number of aromatic nitrogens is 3. The fourth-order valence-electron chi connectivity index (χ4n) is 4.40. The van der Waals surface area contributed by atoms with Crippen LogP contribution in [-0.2, 0) is 6.61 Å². The number of H-pyrrole nitrogens is 1. The molecule has 33 heavy (non-hydrogen) atoms. The molecule has 2 aromatic heterocycles. The predicted molar refractivity (Wildman–Crippen MR) is 123 cm³/mol. The van der Waals surface area contributed by atoms with Crippen LogP contribution in [0.3, 0.4) is 0 Å². The van der Waals surface area contributed by atoms with E-state index in [0.29, 0.717) is 28.9 Å². The van der Waals surface area contributed by atoms with E-state index in [4.69, 9.17) is 14.0 Å². The quantitative estimate of drug-likeness (QED) is 0.470. The standard InChI is InChI=1S/C25H26N4O4/c1-16-27-24(28-33-16)15-32-19-5-3-18(4-6-19)25(30)29-11-9-17(10-12-29)22-14-26-23-8-7-20(31-2)13-21(22)23/h3-8,13-14,17,26H,9-12,15H2,1-2H3. The minimum atomic E-state index is 0.0504. The topological polar surface area (TPSA) is 93.5 Å². The van der Waals surface area contributed by atoms with Crippen molar-refractivity contribution in [3.8, 4) is 11.5 Å². The van der Waals surface area contributed by atoms with Gasteiger partial charge in [-0.3, -0.25) is 4.79 Å². The normalized spacial score (nSPS) is 14.5. The average molecular weight is 447 g/mol. The third-order valence-electron chi connectivity index (χ3n) is 6.18. The van der Waals surface area contributed by atoms with Crippen LogP contribution < -0.4 is 9.47 Å². The largest absolute Gasteiger partial charge is 0.497 e. The van der Waals surface area contributed by atoms with E-state index < -0.39 is 0 Å². The SMILES string of the molecule is COc1ccc2[nH]cc(C3CCN(C(=O)c4ccc(OCc5noc(C)n5)cc4)CC3)c2c1. The molecule has 0 atom stereocenters. The number of rotatable bonds is 6. The lowest BCUT2D eigenvalue weighted by Crippen LogP contribution is -2.37. The van der Waals surface area contributed by atoms with Crippen LogP contribution in [0.1, 0.15) is 46.4 Å². The van der Waals surface area contributed by atoms with Crippen LogP contribution in [-0.4, -0.2) is 46.1 Å². The van der Waals surface area contributed by atoms with Gasteiger partial charge in [0.2, 0.25) is 11.7 Å². The molecule has 1 aliphatic rings. The number of likely N-dealkylation sites (tertiary alicyclic amines) is 1. The molecule has 0 radical (unpaired) electrons. The number of hydrogen-bond donors (Lipinski definition) is 1. The van der Waals surface area contributed by atoms with Crippen molar-refractivity contribution in [2.75, 3.05) is 20.2 Å². The summed E-state index contributed by atoms with van der Waals surface area (Å²) in [5, 5.41) is 5.01. The molecule has 3 heterocycles. The Labute approximate surface area is 191 Å². The number of nitrogens with one attached hydrogen (secondary N) is 1. The summed E-state index contributed by atoms with van der Waals surface area (Å²) in [6, 6.07) is 13.3. The van der Waals surface area contributed by atoms with Crippen molar-refractivity contribution in [1.29, 1.82) is 0 Å². The lowest BCUT2D eigenvalue weighted by Gasteiger charge is -2.32. The molecule has 0 bridgehead atoms. The number of carbonyl (C=O) groups excluding carboxylic acids is 1. The molecular weight excluding hydrogens is 420 g/mol. The van der Waals surface area contributed by atoms with Crippen LogP contribution in [0, 0.1) is 6.92 Å². The predicted octanol–water partition coefficient (Wildman–Crippen LogP) is 4.47. The number of methoxy groups -OCH3 is 1. The van der Waals surface area contributed by atoms with Crippen LogP contribution >= 0.6 is 0 Å². The molecule has 0 spiro atoms. The zero-order valence-electron chi connectivity index (χ0n) is 18.7. The van der Waals surface area contributed by atoms with E-state index in [9.17, 15) is 4.79 Å². The van der Waals surface area contributed by atoms with Crippen molar-refractivity contribution in [1.82, 2.24) is 20.0 Å². The van der Waals surface area contributed by atoms with Crippen molar-refractivity contribution >= 4 is 16.8 Å². The lowest BCUT2D eigenvalue weighted by atomic mass is 9.89. The van der Waals surface area contributed by atoms with E-state index in [0.717, 1.165) is 37.2 Å². The molecule has 1 aliphatic heterocycles. The van der Waals surface area contributed by atoms with Crippen molar-refractivity contribution in [3.63, 3.8) is 0 Å². The maximum absolute atomic E-state index is 13.0. The zero-order valence-corrected chi connectivity index (χ0v) is 18.7. The van der Waals surface area contributed by atoms with E-state index in [2.05, 4.69) is 27.4 Å². The van der Waals surface area contributed by atoms with Gasteiger partial charge in [0.25, 0.3) is 5.91 Å². The Hall–Kier alpha value is -3.81. The second-order valence-corrected chi connectivity index (χ2v) is 8.26. The summed E-state index contributed by atoms with van der Waals surface area (Å²) in [5.41, 5.74) is 3.07. The highest BCUT2D eigenvalue weighted by Crippen LogP contribution is 2.35. The van der Waals surface area contributed by atoms with Crippen molar-refractivity contribution in [2.24, 2.45) is 0 Å². The second-order valence-electron chi connectivity index (χ2n) is 8.26. The number of ether oxygens (including phenoxy) is 2. The molecule has 8 heteroatoms. The second kappa shape index (κ2) is 8.97. The number of fused-ring (bicyclic) bond motifs is 1. The van der Waals surface area contributed by atoms with Gasteiger partial charge in [-0.2, -0.15) is 4.98 Å². The highest BCUT2D eigenvalue weighted by atomic mass is 16.5. The van der Waals surface area contributed by atoms with Gasteiger partial charge in [0.05, 0.1) is 7.11 Å². The Morgan fingerprint density at radius 2 is 1.91 bits per heavy atom. The lowest BCUT2D eigenvalue weighted by molar-refractivity contribution is 0.0713. The Morgan fingerprint density at radius 3 is 2.61 bits per heavy atom. The highest BCUT2D eigenvalue weighted by molar-refractivity contribution is 5.94. The minimum absolute atomic E-state index is 0.0504. The van der Waals surface area contributed by atoms with Crippen molar-refractivity contribution < 1.29 is 18.8 Å². The van der Waals surface area contributed by atoms with Crippen molar-refractivity contribution in [3.05, 3.63) is 71.5 Å². The monoisotopic (exact) mass is 446 g/mol. The van der Waals surface area contributed by atoms with Crippen LogP contribution in [0.15, 0.2) is 53.2 Å². The van der Waals surface area contributed by atoms with Crippen LogP contribution in [0.2, 0.25) is 0 Å². The number of carbonyl (C=O) groups is 1. The summed E-state index contributed by atoms with van der Waals surface area (Å²) in [6.07, 6.45) is 3.96. The summed E-state index contributed by atoms with van der Waals surface area (Å²) < 4.78 is 16.0. The molecule has 4 aromatic rings. The van der Waals surface area contributed by atoms with E-state index >= 15 is 0 Å². The maximum Gasteiger partial charge on any atom is 0.253 e. The number of piperidine rings is 1. The number of hydrogen-bond acceptors (Lipinski definition) is 6. The highest BCUT2D eigenvalue weighted by Gasteiger charge is 2.26. The summed E-state index contributed by atoms with van der Waals surface area (Å²) in [5.74, 6) is 2.97. The Balaban J connectivity index is 1.19. The Kier molecular flexibility index (Phi) is 5.73. The van der Waals surface area contributed by atoms with E-state index in [1.54, 1.807) is 38.3 Å². The van der Waals surface area contributed by atoms with Gasteiger partial charge in [0.1, 0.15) is 11.5 Å². The molecule has 1 fully saturated rings. The molecule has 1 N–H and O–H groups in total. The molecule has 1 amide bonds. The molecule has 8 nitrogen and oxygen atoms in total. The van der Waals surface area contributed by atoms with Gasteiger partial charge in [-0.25, -0.2) is 0 Å². The van der Waals surface area contributed by atoms with E-state index in [-0.39, 0.29) is 12.5 Å². The maximum atomic E-state index is 13.0. The molecule has 0 saturated carbocycles. The first kappa shape index (κ1) is 21.1. The molecule has 5 rings (SSSR count). The first-order valence-corrected chi connectivity index (χ1v) is 11.1. The molecule has 0 unspecified atom stereocenters. The summed E-state index contributed by atoms with van der Waals surface area (Å²) in [7, 11) is 1.69. The van der Waals surface area contributed by atoms with Gasteiger partial charge in [-0.15, -0.1) is 0 Å². The molecule has 2 aromatic carbocycles.